The smallest absolute Gasteiger partial charge is 0.347 e. The number of fused-ring (bicyclic) bond motifs is 1. The van der Waals surface area contributed by atoms with E-state index in [1.807, 2.05) is 12.1 Å². The number of ether oxygens (including phenoxy) is 3. The highest BCUT2D eigenvalue weighted by atomic mass is 16.5. The Bertz CT molecular complexity index is 878. The van der Waals surface area contributed by atoms with Crippen molar-refractivity contribution in [1.82, 2.24) is 20.6 Å². The van der Waals surface area contributed by atoms with E-state index in [-0.39, 0.29) is 11.4 Å². The summed E-state index contributed by atoms with van der Waals surface area (Å²) in [6.07, 6.45) is 0.990. The van der Waals surface area contributed by atoms with Crippen LogP contribution in [0.15, 0.2) is 33.5 Å². The van der Waals surface area contributed by atoms with Crippen molar-refractivity contribution in [3.05, 3.63) is 34.7 Å². The maximum atomic E-state index is 12.2. The third-order valence-electron chi connectivity index (χ3n) is 3.52. The summed E-state index contributed by atoms with van der Waals surface area (Å²) in [5.74, 6) is 0.663. The van der Waals surface area contributed by atoms with Crippen LogP contribution in [0.1, 0.15) is 13.3 Å². The number of hydrogen-bond acceptors (Lipinski definition) is 8. The Hall–Kier alpha value is -2.78. The number of aromatic nitrogens is 4. The van der Waals surface area contributed by atoms with Crippen molar-refractivity contribution in [2.75, 3.05) is 33.0 Å². The molecule has 0 amide bonds. The Morgan fingerprint density at radius 1 is 1.12 bits per heavy atom. The number of para-hydroxylation sites is 1. The molecule has 9 heteroatoms. The van der Waals surface area contributed by atoms with Crippen molar-refractivity contribution < 1.29 is 18.6 Å². The largest absolute Gasteiger partial charge is 0.487 e. The van der Waals surface area contributed by atoms with Gasteiger partial charge >= 0.3 is 5.63 Å². The molecule has 3 aromatic rings. The van der Waals surface area contributed by atoms with E-state index in [1.165, 1.54) is 0 Å². The summed E-state index contributed by atoms with van der Waals surface area (Å²) in [4.78, 5) is 12.2. The molecule has 0 fully saturated rings. The molecule has 0 bridgehead atoms. The molecule has 0 atom stereocenters. The minimum Gasteiger partial charge on any atom is -0.487 e. The molecule has 2 aromatic heterocycles. The average molecular weight is 360 g/mol. The summed E-state index contributed by atoms with van der Waals surface area (Å²) >= 11 is 0. The van der Waals surface area contributed by atoms with Gasteiger partial charge in [0.05, 0.1) is 19.8 Å². The molecule has 138 valence electrons. The molecule has 2 heterocycles. The van der Waals surface area contributed by atoms with Gasteiger partial charge in [0.1, 0.15) is 12.2 Å². The Kier molecular flexibility index (Phi) is 6.29. The first-order chi connectivity index (χ1) is 12.8. The van der Waals surface area contributed by atoms with Crippen LogP contribution in [0.5, 0.6) is 5.75 Å². The third-order valence-corrected chi connectivity index (χ3v) is 3.52. The molecule has 3 rings (SSSR count). The molecular weight excluding hydrogens is 340 g/mol. The van der Waals surface area contributed by atoms with Crippen molar-refractivity contribution in [3.8, 4) is 17.1 Å². The molecule has 0 radical (unpaired) electrons. The summed E-state index contributed by atoms with van der Waals surface area (Å²) in [6, 6.07) is 7.03. The molecular formula is C17H20N4O5. The molecule has 1 N–H and O–H groups in total. The lowest BCUT2D eigenvalue weighted by Gasteiger charge is -2.09. The fourth-order valence-corrected chi connectivity index (χ4v) is 2.34. The minimum absolute atomic E-state index is 0.186. The van der Waals surface area contributed by atoms with Gasteiger partial charge in [0.25, 0.3) is 0 Å². The van der Waals surface area contributed by atoms with Gasteiger partial charge in [-0.1, -0.05) is 19.1 Å². The van der Waals surface area contributed by atoms with Gasteiger partial charge in [0.15, 0.2) is 11.3 Å². The maximum Gasteiger partial charge on any atom is 0.347 e. The summed E-state index contributed by atoms with van der Waals surface area (Å²) < 4.78 is 21.9. The number of aromatic amines is 1. The molecule has 0 saturated heterocycles. The fourth-order valence-electron chi connectivity index (χ4n) is 2.34. The van der Waals surface area contributed by atoms with Crippen LogP contribution >= 0.6 is 0 Å². The zero-order valence-electron chi connectivity index (χ0n) is 14.4. The van der Waals surface area contributed by atoms with Gasteiger partial charge in [0, 0.05) is 12.0 Å². The van der Waals surface area contributed by atoms with E-state index < -0.39 is 5.63 Å². The summed E-state index contributed by atoms with van der Waals surface area (Å²) in [5.41, 5.74) is 0.0501. The second-order valence-corrected chi connectivity index (χ2v) is 5.43. The van der Waals surface area contributed by atoms with Crippen molar-refractivity contribution in [2.45, 2.75) is 13.3 Å². The zero-order chi connectivity index (χ0) is 18.2. The van der Waals surface area contributed by atoms with Gasteiger partial charge in [-0.05, 0) is 23.8 Å². The second kappa shape index (κ2) is 9.07. The van der Waals surface area contributed by atoms with Crippen LogP contribution in [0.4, 0.5) is 0 Å². The van der Waals surface area contributed by atoms with E-state index in [0.29, 0.717) is 43.1 Å². The third kappa shape index (κ3) is 4.44. The lowest BCUT2D eigenvalue weighted by atomic mass is 10.1. The van der Waals surface area contributed by atoms with Gasteiger partial charge in [-0.2, -0.15) is 5.21 Å². The SMILES string of the molecule is CCCOCCOCCOc1cccc2cc(-c3nn[nH]n3)c(=O)oc12. The Labute approximate surface area is 149 Å². The molecule has 0 aliphatic rings. The van der Waals surface area contributed by atoms with Crippen LogP contribution in [0.3, 0.4) is 0 Å². The predicted molar refractivity (Wildman–Crippen MR) is 93.1 cm³/mol. The van der Waals surface area contributed by atoms with Crippen molar-refractivity contribution >= 4 is 11.0 Å². The number of nitrogens with zero attached hydrogens (tertiary/aromatic N) is 3. The van der Waals surface area contributed by atoms with E-state index in [9.17, 15) is 4.79 Å². The lowest BCUT2D eigenvalue weighted by Crippen LogP contribution is -2.11. The van der Waals surface area contributed by atoms with E-state index >= 15 is 0 Å². The van der Waals surface area contributed by atoms with E-state index in [2.05, 4.69) is 27.5 Å². The normalized spacial score (nSPS) is 11.1. The highest BCUT2D eigenvalue weighted by molar-refractivity contribution is 5.85. The zero-order valence-corrected chi connectivity index (χ0v) is 14.4. The predicted octanol–water partition coefficient (Wildman–Crippen LogP) is 1.80. The van der Waals surface area contributed by atoms with Crippen LogP contribution in [-0.2, 0) is 9.47 Å². The van der Waals surface area contributed by atoms with Crippen LogP contribution in [0.25, 0.3) is 22.4 Å². The monoisotopic (exact) mass is 360 g/mol. The van der Waals surface area contributed by atoms with Gasteiger partial charge in [0.2, 0.25) is 5.82 Å². The van der Waals surface area contributed by atoms with E-state index in [4.69, 9.17) is 18.6 Å². The summed E-state index contributed by atoms with van der Waals surface area (Å²) in [5, 5.41) is 14.1. The van der Waals surface area contributed by atoms with Crippen LogP contribution < -0.4 is 10.4 Å². The Morgan fingerprint density at radius 2 is 1.92 bits per heavy atom. The second-order valence-electron chi connectivity index (χ2n) is 5.43. The topological polar surface area (TPSA) is 112 Å². The molecule has 0 saturated carbocycles. The van der Waals surface area contributed by atoms with E-state index in [1.54, 1.807) is 12.1 Å². The van der Waals surface area contributed by atoms with Gasteiger partial charge < -0.3 is 18.6 Å². The average Bonchev–Trinajstić information content (AvgIpc) is 3.18. The number of H-pyrrole nitrogens is 1. The van der Waals surface area contributed by atoms with Crippen LogP contribution in [0, 0.1) is 0 Å². The first kappa shape index (κ1) is 18.0. The van der Waals surface area contributed by atoms with E-state index in [0.717, 1.165) is 13.0 Å². The quantitative estimate of drug-likeness (QED) is 0.430. The first-order valence-electron chi connectivity index (χ1n) is 8.38. The minimum atomic E-state index is -0.556. The highest BCUT2D eigenvalue weighted by Crippen LogP contribution is 2.26. The number of tetrazole rings is 1. The summed E-state index contributed by atoms with van der Waals surface area (Å²) in [6.45, 7) is 4.63. The van der Waals surface area contributed by atoms with Crippen molar-refractivity contribution in [3.63, 3.8) is 0 Å². The number of benzene rings is 1. The Balaban J connectivity index is 1.63. The lowest BCUT2D eigenvalue weighted by molar-refractivity contribution is 0.0366. The van der Waals surface area contributed by atoms with Crippen molar-refractivity contribution in [2.24, 2.45) is 0 Å². The fraction of sp³-hybridized carbons (Fsp3) is 0.412. The highest BCUT2D eigenvalue weighted by Gasteiger charge is 2.14. The molecule has 0 spiro atoms. The molecule has 1 aromatic carbocycles. The molecule has 9 nitrogen and oxygen atoms in total. The molecule has 0 aliphatic carbocycles. The van der Waals surface area contributed by atoms with Gasteiger partial charge in [-0.25, -0.2) is 4.79 Å². The number of rotatable bonds is 10. The molecule has 26 heavy (non-hydrogen) atoms. The molecule has 0 aliphatic heterocycles. The molecule has 0 unspecified atom stereocenters. The van der Waals surface area contributed by atoms with Gasteiger partial charge in [-0.3, -0.25) is 0 Å². The van der Waals surface area contributed by atoms with Gasteiger partial charge in [-0.15, -0.1) is 10.2 Å². The Morgan fingerprint density at radius 3 is 2.69 bits per heavy atom. The maximum absolute atomic E-state index is 12.2. The van der Waals surface area contributed by atoms with Crippen LogP contribution in [-0.4, -0.2) is 53.7 Å². The first-order valence-corrected chi connectivity index (χ1v) is 8.38. The van der Waals surface area contributed by atoms with Crippen molar-refractivity contribution in [1.29, 1.82) is 0 Å². The number of hydrogen-bond donors (Lipinski definition) is 1. The number of nitrogens with one attached hydrogen (secondary N) is 1. The summed E-state index contributed by atoms with van der Waals surface area (Å²) in [7, 11) is 0. The standard InChI is InChI=1S/C17H20N4O5/c1-2-6-23-7-8-24-9-10-25-14-5-3-4-12-11-13(16-18-20-21-19-16)17(22)26-15(12)14/h3-5,11H,2,6-10H2,1H3,(H,18,19,20,21). The van der Waals surface area contributed by atoms with Crippen LogP contribution in [0.2, 0.25) is 0 Å².